The number of rotatable bonds is 8. The fourth-order valence-electron chi connectivity index (χ4n) is 3.05. The quantitative estimate of drug-likeness (QED) is 0.756. The summed E-state index contributed by atoms with van der Waals surface area (Å²) in [5.41, 5.74) is 2.05. The number of carbonyl (C=O) groups is 3. The molecule has 0 radical (unpaired) electrons. The second-order valence-electron chi connectivity index (χ2n) is 6.77. The van der Waals surface area contributed by atoms with E-state index in [-0.39, 0.29) is 36.5 Å². The summed E-state index contributed by atoms with van der Waals surface area (Å²) in [6.07, 6.45) is 2.29. The van der Waals surface area contributed by atoms with Gasteiger partial charge in [-0.1, -0.05) is 32.4 Å². The molecule has 1 aliphatic rings. The van der Waals surface area contributed by atoms with E-state index in [0.29, 0.717) is 13.1 Å². The number of carbonyl (C=O) groups excluding carboxylic acids is 2. The molecule has 2 rings (SSSR count). The van der Waals surface area contributed by atoms with Crippen molar-refractivity contribution in [3.8, 4) is 0 Å². The minimum Gasteiger partial charge on any atom is -0.481 e. The van der Waals surface area contributed by atoms with Crippen LogP contribution in [0.4, 0.5) is 5.69 Å². The Kier molecular flexibility index (Phi) is 6.56. The third-order valence-electron chi connectivity index (χ3n) is 4.43. The molecule has 1 aromatic rings. The molecule has 1 aliphatic heterocycles. The number of amides is 2. The van der Waals surface area contributed by atoms with Crippen LogP contribution in [0.15, 0.2) is 24.3 Å². The van der Waals surface area contributed by atoms with Gasteiger partial charge in [0, 0.05) is 31.6 Å². The monoisotopic (exact) mass is 346 g/mol. The topological polar surface area (TPSA) is 86.7 Å². The highest BCUT2D eigenvalue weighted by molar-refractivity contribution is 6.00. The SMILES string of the molecule is CCCc1ccc(N2CC(C(=O)NCC(C)CC(=O)O)CC2=O)cc1. The molecular formula is C19H26N2O4. The van der Waals surface area contributed by atoms with E-state index in [1.165, 1.54) is 5.56 Å². The second-order valence-corrected chi connectivity index (χ2v) is 6.77. The Morgan fingerprint density at radius 1 is 1.32 bits per heavy atom. The van der Waals surface area contributed by atoms with Crippen LogP contribution in [0.5, 0.6) is 0 Å². The summed E-state index contributed by atoms with van der Waals surface area (Å²) in [5, 5.41) is 11.5. The minimum absolute atomic E-state index is 0.0140. The number of carboxylic acid groups (broad SMARTS) is 1. The van der Waals surface area contributed by atoms with Gasteiger partial charge in [-0.25, -0.2) is 0 Å². The van der Waals surface area contributed by atoms with Crippen LogP contribution in [-0.2, 0) is 20.8 Å². The van der Waals surface area contributed by atoms with Crippen LogP contribution in [0.25, 0.3) is 0 Å². The van der Waals surface area contributed by atoms with Gasteiger partial charge >= 0.3 is 5.97 Å². The molecule has 1 aromatic carbocycles. The van der Waals surface area contributed by atoms with Crippen molar-refractivity contribution in [3.05, 3.63) is 29.8 Å². The molecule has 2 amide bonds. The maximum Gasteiger partial charge on any atom is 0.303 e. The van der Waals surface area contributed by atoms with Gasteiger partial charge in [0.15, 0.2) is 0 Å². The maximum atomic E-state index is 12.3. The van der Waals surface area contributed by atoms with E-state index >= 15 is 0 Å². The van der Waals surface area contributed by atoms with Crippen molar-refractivity contribution in [2.45, 2.75) is 39.5 Å². The molecule has 1 heterocycles. The van der Waals surface area contributed by atoms with Gasteiger partial charge in [-0.2, -0.15) is 0 Å². The van der Waals surface area contributed by atoms with Crippen molar-refractivity contribution < 1.29 is 19.5 Å². The first kappa shape index (κ1) is 19.0. The largest absolute Gasteiger partial charge is 0.481 e. The Hall–Kier alpha value is -2.37. The average molecular weight is 346 g/mol. The van der Waals surface area contributed by atoms with Gasteiger partial charge in [-0.3, -0.25) is 14.4 Å². The molecule has 0 aliphatic carbocycles. The van der Waals surface area contributed by atoms with Crippen LogP contribution in [0.2, 0.25) is 0 Å². The lowest BCUT2D eigenvalue weighted by atomic mass is 10.1. The van der Waals surface area contributed by atoms with E-state index in [0.717, 1.165) is 18.5 Å². The third-order valence-corrected chi connectivity index (χ3v) is 4.43. The van der Waals surface area contributed by atoms with Crippen molar-refractivity contribution in [3.63, 3.8) is 0 Å². The predicted octanol–water partition coefficient (Wildman–Crippen LogP) is 2.22. The molecule has 6 heteroatoms. The minimum atomic E-state index is -0.879. The first-order valence-corrected chi connectivity index (χ1v) is 8.79. The Morgan fingerprint density at radius 2 is 2.00 bits per heavy atom. The summed E-state index contributed by atoms with van der Waals surface area (Å²) in [4.78, 5) is 36.8. The standard InChI is InChI=1S/C19H26N2O4/c1-3-4-14-5-7-16(8-6-14)21-12-15(10-17(21)22)19(25)20-11-13(2)9-18(23)24/h5-8,13,15H,3-4,9-12H2,1-2H3,(H,20,25)(H,23,24). The first-order valence-electron chi connectivity index (χ1n) is 8.79. The van der Waals surface area contributed by atoms with E-state index in [2.05, 4.69) is 12.2 Å². The molecule has 6 nitrogen and oxygen atoms in total. The number of aryl methyl sites for hydroxylation is 1. The van der Waals surface area contributed by atoms with E-state index in [1.54, 1.807) is 11.8 Å². The van der Waals surface area contributed by atoms with Crippen molar-refractivity contribution in [1.82, 2.24) is 5.32 Å². The molecule has 2 N–H and O–H groups in total. The molecule has 0 bridgehead atoms. The van der Waals surface area contributed by atoms with Crippen LogP contribution < -0.4 is 10.2 Å². The predicted molar refractivity (Wildman–Crippen MR) is 95.3 cm³/mol. The van der Waals surface area contributed by atoms with Gasteiger partial charge in [0.1, 0.15) is 0 Å². The molecule has 0 aromatic heterocycles. The fourth-order valence-corrected chi connectivity index (χ4v) is 3.05. The van der Waals surface area contributed by atoms with Gasteiger partial charge in [0.2, 0.25) is 11.8 Å². The Labute approximate surface area is 148 Å². The van der Waals surface area contributed by atoms with E-state index in [9.17, 15) is 14.4 Å². The maximum absolute atomic E-state index is 12.3. The number of nitrogens with zero attached hydrogens (tertiary/aromatic N) is 1. The zero-order valence-electron chi connectivity index (χ0n) is 14.8. The highest BCUT2D eigenvalue weighted by Crippen LogP contribution is 2.25. The van der Waals surface area contributed by atoms with Crippen molar-refractivity contribution in [2.24, 2.45) is 11.8 Å². The third kappa shape index (κ3) is 5.31. The zero-order valence-corrected chi connectivity index (χ0v) is 14.8. The van der Waals surface area contributed by atoms with Crippen LogP contribution in [0, 0.1) is 11.8 Å². The van der Waals surface area contributed by atoms with Crippen molar-refractivity contribution >= 4 is 23.5 Å². The molecular weight excluding hydrogens is 320 g/mol. The molecule has 1 fully saturated rings. The Balaban J connectivity index is 1.90. The number of anilines is 1. The van der Waals surface area contributed by atoms with Crippen LogP contribution in [0.3, 0.4) is 0 Å². The van der Waals surface area contributed by atoms with Crippen LogP contribution in [0.1, 0.15) is 38.7 Å². The van der Waals surface area contributed by atoms with Crippen molar-refractivity contribution in [1.29, 1.82) is 0 Å². The van der Waals surface area contributed by atoms with E-state index in [4.69, 9.17) is 5.11 Å². The van der Waals surface area contributed by atoms with Gasteiger partial charge in [-0.05, 0) is 30.0 Å². The fraction of sp³-hybridized carbons (Fsp3) is 0.526. The summed E-state index contributed by atoms with van der Waals surface area (Å²) in [7, 11) is 0. The summed E-state index contributed by atoms with van der Waals surface area (Å²) in [6, 6.07) is 7.90. The smallest absolute Gasteiger partial charge is 0.303 e. The lowest BCUT2D eigenvalue weighted by molar-refractivity contribution is -0.138. The number of hydrogen-bond donors (Lipinski definition) is 2. The lowest BCUT2D eigenvalue weighted by Crippen LogP contribution is -2.35. The number of carboxylic acids is 1. The average Bonchev–Trinajstić information content (AvgIpc) is 2.95. The first-order chi connectivity index (χ1) is 11.9. The lowest BCUT2D eigenvalue weighted by Gasteiger charge is -2.17. The number of hydrogen-bond acceptors (Lipinski definition) is 3. The highest BCUT2D eigenvalue weighted by Gasteiger charge is 2.35. The normalized spacial score (nSPS) is 18.2. The molecule has 0 saturated carbocycles. The molecule has 2 unspecified atom stereocenters. The molecule has 1 saturated heterocycles. The number of benzene rings is 1. The van der Waals surface area contributed by atoms with E-state index in [1.807, 2.05) is 24.3 Å². The zero-order chi connectivity index (χ0) is 18.4. The number of aliphatic carboxylic acids is 1. The van der Waals surface area contributed by atoms with Crippen LogP contribution in [-0.4, -0.2) is 36.0 Å². The molecule has 2 atom stereocenters. The summed E-state index contributed by atoms with van der Waals surface area (Å²) < 4.78 is 0. The summed E-state index contributed by atoms with van der Waals surface area (Å²) >= 11 is 0. The van der Waals surface area contributed by atoms with Gasteiger partial charge in [-0.15, -0.1) is 0 Å². The summed E-state index contributed by atoms with van der Waals surface area (Å²) in [5.74, 6) is -1.64. The van der Waals surface area contributed by atoms with Gasteiger partial charge in [0.25, 0.3) is 0 Å². The molecule has 136 valence electrons. The van der Waals surface area contributed by atoms with Crippen molar-refractivity contribution in [2.75, 3.05) is 18.0 Å². The van der Waals surface area contributed by atoms with Gasteiger partial charge < -0.3 is 15.3 Å². The number of nitrogens with one attached hydrogen (secondary N) is 1. The van der Waals surface area contributed by atoms with E-state index < -0.39 is 5.97 Å². The molecule has 25 heavy (non-hydrogen) atoms. The summed E-state index contributed by atoms with van der Waals surface area (Å²) in [6.45, 7) is 4.57. The Bertz CT molecular complexity index is 627. The van der Waals surface area contributed by atoms with Crippen LogP contribution >= 0.6 is 0 Å². The second kappa shape index (κ2) is 8.65. The Morgan fingerprint density at radius 3 is 2.60 bits per heavy atom. The molecule has 0 spiro atoms. The van der Waals surface area contributed by atoms with Gasteiger partial charge in [0.05, 0.1) is 5.92 Å². The highest BCUT2D eigenvalue weighted by atomic mass is 16.4.